The first-order chi connectivity index (χ1) is 6.84. The van der Waals surface area contributed by atoms with Crippen LogP contribution in [0.15, 0.2) is 18.2 Å². The molecule has 1 fully saturated rings. The average Bonchev–Trinajstić information content (AvgIpc) is 2.82. The topological polar surface area (TPSA) is 26.0 Å². The molecule has 0 aromatic heterocycles. The number of hydrogen-bond acceptors (Lipinski definition) is 1. The van der Waals surface area contributed by atoms with E-state index in [1.54, 1.807) is 0 Å². The number of benzene rings is 1. The van der Waals surface area contributed by atoms with E-state index < -0.39 is 23.1 Å². The summed E-state index contributed by atoms with van der Waals surface area (Å²) in [4.78, 5) is 0. The van der Waals surface area contributed by atoms with Gasteiger partial charge in [0.05, 0.1) is 5.56 Å². The zero-order valence-electron chi connectivity index (χ0n) is 7.74. The molecule has 2 rings (SSSR count). The van der Waals surface area contributed by atoms with Crippen molar-refractivity contribution in [3.8, 4) is 0 Å². The summed E-state index contributed by atoms with van der Waals surface area (Å²) in [6.07, 6.45) is -3.74. The van der Waals surface area contributed by atoms with Crippen LogP contribution in [0.25, 0.3) is 0 Å². The molecule has 1 aliphatic rings. The molecule has 0 heterocycles. The van der Waals surface area contributed by atoms with Gasteiger partial charge in [-0.25, -0.2) is 4.39 Å². The fraction of sp³-hybridized carbons (Fsp3) is 0.400. The van der Waals surface area contributed by atoms with Crippen LogP contribution in [0, 0.1) is 5.82 Å². The van der Waals surface area contributed by atoms with Gasteiger partial charge in [-0.2, -0.15) is 13.2 Å². The van der Waals surface area contributed by atoms with Gasteiger partial charge in [-0.05, 0) is 24.5 Å². The van der Waals surface area contributed by atoms with E-state index in [1.807, 2.05) is 0 Å². The van der Waals surface area contributed by atoms with Crippen molar-refractivity contribution in [2.75, 3.05) is 0 Å². The third-order valence-electron chi connectivity index (χ3n) is 2.62. The first-order valence-electron chi connectivity index (χ1n) is 4.50. The summed E-state index contributed by atoms with van der Waals surface area (Å²) in [5.41, 5.74) is 3.34. The summed E-state index contributed by atoms with van der Waals surface area (Å²) in [5, 5.41) is 0. The molecule has 5 heteroatoms. The van der Waals surface area contributed by atoms with Gasteiger partial charge in [0.15, 0.2) is 0 Å². The molecule has 0 saturated heterocycles. The molecule has 0 spiro atoms. The van der Waals surface area contributed by atoms with Crippen molar-refractivity contribution in [3.05, 3.63) is 35.1 Å². The molecule has 0 atom stereocenters. The molecule has 0 unspecified atom stereocenters. The Hall–Kier alpha value is -1.10. The maximum Gasteiger partial charge on any atom is 0.419 e. The Morgan fingerprint density at radius 2 is 1.80 bits per heavy atom. The van der Waals surface area contributed by atoms with E-state index in [9.17, 15) is 17.6 Å². The molecular formula is C10H9F4N. The standard InChI is InChI=1S/C10H9F4N/c11-7-3-1-2-6(9(15)4-5-9)8(7)10(12,13)14/h1-3H,4-5,15H2. The molecule has 0 bridgehead atoms. The zero-order valence-corrected chi connectivity index (χ0v) is 7.74. The van der Waals surface area contributed by atoms with Crippen LogP contribution < -0.4 is 5.73 Å². The van der Waals surface area contributed by atoms with Crippen LogP contribution in [0.1, 0.15) is 24.0 Å². The lowest BCUT2D eigenvalue weighted by Gasteiger charge is -2.17. The van der Waals surface area contributed by atoms with Crippen LogP contribution in [0.5, 0.6) is 0 Å². The molecule has 0 amide bonds. The van der Waals surface area contributed by atoms with Crippen LogP contribution in [-0.2, 0) is 11.7 Å². The summed E-state index contributed by atoms with van der Waals surface area (Å²) < 4.78 is 50.8. The molecule has 15 heavy (non-hydrogen) atoms. The number of hydrogen-bond donors (Lipinski definition) is 1. The summed E-state index contributed by atoms with van der Waals surface area (Å²) in [7, 11) is 0. The lowest BCUT2D eigenvalue weighted by Crippen LogP contribution is -2.25. The Morgan fingerprint density at radius 1 is 1.20 bits per heavy atom. The molecule has 1 aliphatic carbocycles. The number of nitrogens with two attached hydrogens (primary N) is 1. The second-order valence-electron chi connectivity index (χ2n) is 3.82. The van der Waals surface area contributed by atoms with Gasteiger partial charge in [0, 0.05) is 5.54 Å². The van der Waals surface area contributed by atoms with Crippen molar-refractivity contribution in [2.24, 2.45) is 5.73 Å². The SMILES string of the molecule is NC1(c2cccc(F)c2C(F)(F)F)CC1. The zero-order chi connectivity index (χ0) is 11.3. The van der Waals surface area contributed by atoms with Crippen molar-refractivity contribution in [1.29, 1.82) is 0 Å². The van der Waals surface area contributed by atoms with Crippen LogP contribution >= 0.6 is 0 Å². The fourth-order valence-electron chi connectivity index (χ4n) is 1.63. The molecule has 1 saturated carbocycles. The van der Waals surface area contributed by atoms with E-state index in [1.165, 1.54) is 12.1 Å². The van der Waals surface area contributed by atoms with Crippen molar-refractivity contribution in [2.45, 2.75) is 24.6 Å². The summed E-state index contributed by atoms with van der Waals surface area (Å²) in [6, 6.07) is 3.31. The molecule has 82 valence electrons. The summed E-state index contributed by atoms with van der Waals surface area (Å²) in [6.45, 7) is 0. The largest absolute Gasteiger partial charge is 0.419 e. The van der Waals surface area contributed by atoms with Gasteiger partial charge < -0.3 is 5.73 Å². The molecule has 1 nitrogen and oxygen atoms in total. The Morgan fingerprint density at radius 3 is 2.27 bits per heavy atom. The van der Waals surface area contributed by atoms with Crippen LogP contribution in [0.4, 0.5) is 17.6 Å². The van der Waals surface area contributed by atoms with Gasteiger partial charge in [-0.15, -0.1) is 0 Å². The van der Waals surface area contributed by atoms with Gasteiger partial charge in [0.1, 0.15) is 5.82 Å². The highest BCUT2D eigenvalue weighted by Crippen LogP contribution is 2.48. The highest BCUT2D eigenvalue weighted by atomic mass is 19.4. The van der Waals surface area contributed by atoms with E-state index in [0.717, 1.165) is 6.07 Å². The minimum Gasteiger partial charge on any atom is -0.321 e. The summed E-state index contributed by atoms with van der Waals surface area (Å²) >= 11 is 0. The Balaban J connectivity index is 2.60. The van der Waals surface area contributed by atoms with Crippen molar-refractivity contribution in [1.82, 2.24) is 0 Å². The lowest BCUT2D eigenvalue weighted by molar-refractivity contribution is -0.140. The maximum atomic E-state index is 13.1. The van der Waals surface area contributed by atoms with Crippen LogP contribution in [0.2, 0.25) is 0 Å². The van der Waals surface area contributed by atoms with E-state index >= 15 is 0 Å². The van der Waals surface area contributed by atoms with Gasteiger partial charge in [-0.1, -0.05) is 12.1 Å². The number of alkyl halides is 3. The minimum absolute atomic E-state index is 0.130. The van der Waals surface area contributed by atoms with Crippen LogP contribution in [-0.4, -0.2) is 0 Å². The van der Waals surface area contributed by atoms with Gasteiger partial charge >= 0.3 is 6.18 Å². The molecule has 1 aromatic carbocycles. The molecule has 2 N–H and O–H groups in total. The first kappa shape index (κ1) is 10.4. The third kappa shape index (κ3) is 1.71. The predicted octanol–water partition coefficient (Wildman–Crippen LogP) is 2.79. The van der Waals surface area contributed by atoms with E-state index in [4.69, 9.17) is 5.73 Å². The highest BCUT2D eigenvalue weighted by Gasteiger charge is 2.47. The van der Waals surface area contributed by atoms with Crippen LogP contribution in [0.3, 0.4) is 0 Å². The minimum atomic E-state index is -4.68. The van der Waals surface area contributed by atoms with Crippen molar-refractivity contribution < 1.29 is 17.6 Å². The first-order valence-corrected chi connectivity index (χ1v) is 4.50. The monoisotopic (exact) mass is 219 g/mol. The Bertz CT molecular complexity index is 393. The third-order valence-corrected chi connectivity index (χ3v) is 2.62. The van der Waals surface area contributed by atoms with Crippen molar-refractivity contribution >= 4 is 0 Å². The average molecular weight is 219 g/mol. The van der Waals surface area contributed by atoms with E-state index in [0.29, 0.717) is 12.8 Å². The van der Waals surface area contributed by atoms with Gasteiger partial charge in [0.25, 0.3) is 0 Å². The summed E-state index contributed by atoms with van der Waals surface area (Å²) in [5.74, 6) is -1.25. The number of rotatable bonds is 1. The normalized spacial score (nSPS) is 19.0. The van der Waals surface area contributed by atoms with Crippen molar-refractivity contribution in [3.63, 3.8) is 0 Å². The predicted molar refractivity (Wildman–Crippen MR) is 46.5 cm³/mol. The molecule has 1 aromatic rings. The molecule has 0 radical (unpaired) electrons. The molecular weight excluding hydrogens is 210 g/mol. The smallest absolute Gasteiger partial charge is 0.321 e. The maximum absolute atomic E-state index is 13.1. The quantitative estimate of drug-likeness (QED) is 0.722. The fourth-order valence-corrected chi connectivity index (χ4v) is 1.63. The Kier molecular flexibility index (Phi) is 2.05. The van der Waals surface area contributed by atoms with Gasteiger partial charge in [-0.3, -0.25) is 0 Å². The Labute approximate surface area is 83.9 Å². The second kappa shape index (κ2) is 2.95. The van der Waals surface area contributed by atoms with E-state index in [-0.39, 0.29) is 5.56 Å². The second-order valence-corrected chi connectivity index (χ2v) is 3.82. The highest BCUT2D eigenvalue weighted by molar-refractivity contribution is 5.39. The molecule has 0 aliphatic heterocycles. The number of halogens is 4. The van der Waals surface area contributed by atoms with Gasteiger partial charge in [0.2, 0.25) is 0 Å². The lowest BCUT2D eigenvalue weighted by atomic mass is 9.98. The van der Waals surface area contributed by atoms with E-state index in [2.05, 4.69) is 0 Å².